The molecule has 1 aromatic carbocycles. The van der Waals surface area contributed by atoms with Gasteiger partial charge in [0, 0.05) is 21.9 Å². The minimum Gasteiger partial charge on any atom is -0.384 e. The van der Waals surface area contributed by atoms with Crippen LogP contribution in [0.15, 0.2) is 18.7 Å². The zero-order valence-electron chi connectivity index (χ0n) is 19.6. The molecule has 0 aromatic heterocycles. The Morgan fingerprint density at radius 1 is 1.12 bits per heavy atom. The summed E-state index contributed by atoms with van der Waals surface area (Å²) < 4.78 is 20.4. The highest BCUT2D eigenvalue weighted by Crippen LogP contribution is 2.79. The molecule has 0 spiro atoms. The van der Waals surface area contributed by atoms with Gasteiger partial charge in [0.15, 0.2) is 0 Å². The van der Waals surface area contributed by atoms with Crippen LogP contribution in [0.1, 0.15) is 54.9 Å². The summed E-state index contributed by atoms with van der Waals surface area (Å²) in [5.74, 6) is 0.351. The lowest BCUT2D eigenvalue weighted by Crippen LogP contribution is -2.74. The molecule has 3 aliphatic carbocycles. The molecule has 4 rings (SSSR count). The largest absolute Gasteiger partial charge is 0.384 e. The summed E-state index contributed by atoms with van der Waals surface area (Å²) >= 11 is -1.12. The third kappa shape index (κ3) is 2.88. The van der Waals surface area contributed by atoms with Crippen molar-refractivity contribution in [3.05, 3.63) is 41.0 Å². The van der Waals surface area contributed by atoms with Crippen LogP contribution in [-0.2, 0) is 14.6 Å². The molecule has 6 heteroatoms. The lowest BCUT2D eigenvalue weighted by Gasteiger charge is -2.68. The third-order valence-electron chi connectivity index (χ3n) is 9.06. The maximum atomic E-state index is 7.01. The molecule has 32 heavy (non-hydrogen) atoms. The number of alkyl halides is 3. The van der Waals surface area contributed by atoms with Crippen molar-refractivity contribution in [3.8, 4) is 0 Å². The van der Waals surface area contributed by atoms with E-state index >= 15 is 0 Å². The highest BCUT2D eigenvalue weighted by molar-refractivity contribution is 14.2. The summed E-state index contributed by atoms with van der Waals surface area (Å²) in [5.41, 5.74) is 18.9. The number of fused-ring (bicyclic) bond motifs is 5. The average molecular weight is 774 g/mol. The van der Waals surface area contributed by atoms with Crippen molar-refractivity contribution < 1.29 is 4.74 Å². The lowest BCUT2D eigenvalue weighted by atomic mass is 9.52. The molecule has 4 N–H and O–H groups in total. The van der Waals surface area contributed by atoms with Gasteiger partial charge in [-0.1, -0.05) is 45.3 Å². The number of benzene rings is 1. The topological polar surface area (TPSA) is 61.3 Å². The van der Waals surface area contributed by atoms with Crippen molar-refractivity contribution in [2.75, 3.05) is 13.7 Å². The van der Waals surface area contributed by atoms with E-state index in [4.69, 9.17) is 29.7 Å². The van der Waals surface area contributed by atoms with Gasteiger partial charge in [-0.3, -0.25) is 0 Å². The van der Waals surface area contributed by atoms with Crippen LogP contribution in [-0.4, -0.2) is 39.8 Å². The molecule has 0 heterocycles. The summed E-state index contributed by atoms with van der Waals surface area (Å²) in [6.45, 7) is 9.41. The maximum absolute atomic E-state index is 7.01. The number of nitrogens with two attached hydrogens (primary N) is 2. The quantitative estimate of drug-likeness (QED) is 0.227. The highest BCUT2D eigenvalue weighted by Gasteiger charge is 2.79. The van der Waals surface area contributed by atoms with Crippen molar-refractivity contribution in [2.24, 2.45) is 22.8 Å². The fourth-order valence-electron chi connectivity index (χ4n) is 7.50. The van der Waals surface area contributed by atoms with Gasteiger partial charge in [0.1, 0.15) is 0 Å². The molecule has 178 valence electrons. The summed E-state index contributed by atoms with van der Waals surface area (Å²) in [5, 5.41) is 0. The molecule has 3 nitrogen and oxygen atoms in total. The number of rotatable bonds is 6. The minimum absolute atomic E-state index is 0.0335. The van der Waals surface area contributed by atoms with Gasteiger partial charge >= 0.3 is 0 Å². The first kappa shape index (κ1) is 25.7. The molecule has 5 atom stereocenters. The van der Waals surface area contributed by atoms with Crippen LogP contribution >= 0.6 is 62.2 Å². The van der Waals surface area contributed by atoms with Gasteiger partial charge in [-0.05, 0) is 61.3 Å². The van der Waals surface area contributed by atoms with Crippen LogP contribution in [0.4, 0.5) is 0 Å². The van der Waals surface area contributed by atoms with Crippen LogP contribution < -0.4 is 11.5 Å². The van der Waals surface area contributed by atoms with Gasteiger partial charge in [-0.15, -0.1) is 62.2 Å². The SMILES string of the molecule is C=Cc1cc2c(cc1C)[C@@]1(I=C)CC[C@]3(C)C(N)(N)CC(COC)[C@@]3(I=C)[C@]1(I=C)CC2. The lowest BCUT2D eigenvalue weighted by molar-refractivity contribution is 0.0449. The predicted molar refractivity (Wildman–Crippen MR) is 169 cm³/mol. The number of hydrogen-bond acceptors (Lipinski definition) is 3. The minimum atomic E-state index is -0.686. The number of aryl methyl sites for hydroxylation is 2. The standard InChI is InChI=1S/C26H37I3N2O/c1-8-18-14-19-9-10-24(28-5)23(27-4,21(19)13-17(18)2)12-11-22(3)25(30,31)15-20(16-32-7)26(22,24)29-6/h8,13-14,20H,1,4-6,9-12,15-16,30-31H2,2-3,7H3/t20?,22-,23+,24+,26+/m1/s1. The van der Waals surface area contributed by atoms with E-state index < -0.39 is 26.4 Å². The molecule has 0 aliphatic heterocycles. The smallest absolute Gasteiger partial charge is 0.0709 e. The first-order valence-electron chi connectivity index (χ1n) is 11.1. The predicted octanol–water partition coefficient (Wildman–Crippen LogP) is 5.55. The van der Waals surface area contributed by atoms with E-state index in [1.165, 1.54) is 23.1 Å². The Kier molecular flexibility index (Phi) is 6.94. The van der Waals surface area contributed by atoms with Crippen LogP contribution in [0.2, 0.25) is 0 Å². The molecule has 1 unspecified atom stereocenters. The summed E-state index contributed by atoms with van der Waals surface area (Å²) in [6, 6.07) is 4.89. The summed E-state index contributed by atoms with van der Waals surface area (Å²) in [7, 11) is 1.83. The second-order valence-electron chi connectivity index (χ2n) is 10.0. The molecular weight excluding hydrogens is 737 g/mol. The second kappa shape index (κ2) is 8.64. The van der Waals surface area contributed by atoms with E-state index in [2.05, 4.69) is 32.6 Å². The molecule has 0 radical (unpaired) electrons. The van der Waals surface area contributed by atoms with E-state index in [-0.39, 0.29) is 57.1 Å². The first-order valence-corrected chi connectivity index (χ1v) is 18.9. The second-order valence-corrected chi connectivity index (χ2v) is 17.7. The van der Waals surface area contributed by atoms with E-state index in [1.807, 2.05) is 13.2 Å². The number of ether oxygens (including phenoxy) is 1. The monoisotopic (exact) mass is 774 g/mol. The number of methoxy groups -OCH3 is 1. The summed E-state index contributed by atoms with van der Waals surface area (Å²) in [6.07, 6.45) is 7.29. The third-order valence-corrected chi connectivity index (χ3v) is 22.3. The fourth-order valence-corrected chi connectivity index (χ4v) is 22.1. The number of halogens is 3. The van der Waals surface area contributed by atoms with Gasteiger partial charge < -0.3 is 16.2 Å². The van der Waals surface area contributed by atoms with Gasteiger partial charge in [0.05, 0.1) is 19.1 Å². The van der Waals surface area contributed by atoms with Crippen molar-refractivity contribution in [3.63, 3.8) is 0 Å². The highest BCUT2D eigenvalue weighted by atomic mass is 127. The molecule has 0 bridgehead atoms. The Morgan fingerprint density at radius 3 is 2.41 bits per heavy atom. The zero-order chi connectivity index (χ0) is 23.6. The van der Waals surface area contributed by atoms with E-state index in [9.17, 15) is 0 Å². The molecule has 0 amide bonds. The van der Waals surface area contributed by atoms with Crippen molar-refractivity contribution >= 4 is 81.8 Å². The Hall–Kier alpha value is 0.640. The fraction of sp³-hybridized carbons (Fsp3) is 0.577. The zero-order valence-corrected chi connectivity index (χ0v) is 26.0. The van der Waals surface area contributed by atoms with Crippen molar-refractivity contribution in [1.82, 2.24) is 0 Å². The normalized spacial score (nSPS) is 39.7. The first-order chi connectivity index (χ1) is 15.1. The van der Waals surface area contributed by atoms with Crippen LogP contribution in [0.5, 0.6) is 0 Å². The Balaban J connectivity index is 2.09. The van der Waals surface area contributed by atoms with E-state index in [0.717, 1.165) is 32.3 Å². The molecule has 0 saturated heterocycles. The van der Waals surface area contributed by atoms with Crippen LogP contribution in [0, 0.1) is 18.3 Å². The van der Waals surface area contributed by atoms with Gasteiger partial charge in [-0.25, -0.2) is 0 Å². The molecule has 3 aliphatic rings. The van der Waals surface area contributed by atoms with E-state index in [1.54, 1.807) is 5.56 Å². The van der Waals surface area contributed by atoms with Crippen LogP contribution in [0.3, 0.4) is 0 Å². The summed E-state index contributed by atoms with van der Waals surface area (Å²) in [4.78, 5) is 0. The van der Waals surface area contributed by atoms with Crippen LogP contribution in [0.25, 0.3) is 6.08 Å². The van der Waals surface area contributed by atoms with Gasteiger partial charge in [0.25, 0.3) is 0 Å². The Labute approximate surface area is 223 Å². The Bertz CT molecular complexity index is 1010. The van der Waals surface area contributed by atoms with Gasteiger partial charge in [0.2, 0.25) is 0 Å². The van der Waals surface area contributed by atoms with E-state index in [0.29, 0.717) is 5.92 Å². The Morgan fingerprint density at radius 2 is 1.84 bits per heavy atom. The molecule has 2 saturated carbocycles. The molecule has 1 aromatic rings. The molecular formula is C26H37I3N2O. The average Bonchev–Trinajstić information content (AvgIpc) is 2.95. The van der Waals surface area contributed by atoms with Gasteiger partial charge in [-0.2, -0.15) is 0 Å². The molecule has 2 fully saturated rings. The number of hydrogen-bond donors (Lipinski definition) is 2. The maximum Gasteiger partial charge on any atom is 0.0709 e. The van der Waals surface area contributed by atoms with Crippen molar-refractivity contribution in [1.29, 1.82) is 0 Å². The van der Waals surface area contributed by atoms with Crippen molar-refractivity contribution in [2.45, 2.75) is 61.9 Å².